The lowest BCUT2D eigenvalue weighted by Crippen LogP contribution is -2.29. The molecule has 1 aromatic carbocycles. The van der Waals surface area contributed by atoms with E-state index in [9.17, 15) is 12.8 Å². The number of hydrogen-bond acceptors (Lipinski definition) is 7. The quantitative estimate of drug-likeness (QED) is 0.507. The van der Waals surface area contributed by atoms with E-state index in [4.69, 9.17) is 0 Å². The van der Waals surface area contributed by atoms with Crippen LogP contribution in [0.15, 0.2) is 65.7 Å². The van der Waals surface area contributed by atoms with Gasteiger partial charge in [-0.05, 0) is 48.5 Å². The average molecular weight is 388 g/mol. The summed E-state index contributed by atoms with van der Waals surface area (Å²) in [6.07, 6.45) is 1.67. The molecule has 0 aliphatic heterocycles. The minimum Gasteiger partial charge on any atom is -0.367 e. The normalized spacial score (nSPS) is 11.1. The summed E-state index contributed by atoms with van der Waals surface area (Å²) in [7, 11) is -3.68. The van der Waals surface area contributed by atoms with Gasteiger partial charge in [-0.1, -0.05) is 6.07 Å². The third-order valence-electron chi connectivity index (χ3n) is 3.43. The molecule has 0 amide bonds. The molecule has 3 aromatic rings. The van der Waals surface area contributed by atoms with Gasteiger partial charge in [-0.2, -0.15) is 0 Å². The van der Waals surface area contributed by atoms with E-state index in [0.717, 1.165) is 12.1 Å². The first-order chi connectivity index (χ1) is 13.0. The molecule has 10 heteroatoms. The van der Waals surface area contributed by atoms with Gasteiger partial charge in [-0.3, -0.25) is 0 Å². The molecule has 0 aliphatic rings. The Bertz CT molecular complexity index is 967. The van der Waals surface area contributed by atoms with Crippen LogP contribution in [0.1, 0.15) is 0 Å². The van der Waals surface area contributed by atoms with Gasteiger partial charge in [0.1, 0.15) is 17.5 Å². The predicted octanol–water partition coefficient (Wildman–Crippen LogP) is 2.14. The minimum absolute atomic E-state index is 0.00800. The van der Waals surface area contributed by atoms with Crippen molar-refractivity contribution in [2.45, 2.75) is 4.90 Å². The lowest BCUT2D eigenvalue weighted by atomic mass is 10.4. The lowest BCUT2D eigenvalue weighted by molar-refractivity contribution is 0.582. The molecule has 3 N–H and O–H groups in total. The molecule has 0 aliphatic carbocycles. The highest BCUT2D eigenvalue weighted by atomic mass is 32.2. The number of aromatic nitrogens is 3. The molecule has 0 saturated carbocycles. The zero-order chi connectivity index (χ0) is 19.1. The number of halogens is 1. The second-order valence-corrected chi connectivity index (χ2v) is 7.19. The predicted molar refractivity (Wildman–Crippen MR) is 99.6 cm³/mol. The number of pyridine rings is 1. The Balaban J connectivity index is 1.47. The summed E-state index contributed by atoms with van der Waals surface area (Å²) in [5.74, 6) is 1.21. The molecule has 2 heterocycles. The summed E-state index contributed by atoms with van der Waals surface area (Å²) in [5, 5.41) is 14.0. The summed E-state index contributed by atoms with van der Waals surface area (Å²) in [4.78, 5) is 4.14. The molecular weight excluding hydrogens is 371 g/mol. The maximum absolute atomic E-state index is 12.9. The van der Waals surface area contributed by atoms with Crippen molar-refractivity contribution >= 4 is 27.5 Å². The molecule has 0 spiro atoms. The van der Waals surface area contributed by atoms with Crippen molar-refractivity contribution in [1.29, 1.82) is 0 Å². The number of rotatable bonds is 8. The molecule has 3 rings (SSSR count). The van der Waals surface area contributed by atoms with Crippen molar-refractivity contribution in [1.82, 2.24) is 19.9 Å². The van der Waals surface area contributed by atoms with Crippen molar-refractivity contribution in [3.8, 4) is 0 Å². The zero-order valence-corrected chi connectivity index (χ0v) is 14.9. The summed E-state index contributed by atoms with van der Waals surface area (Å²) in [6, 6.07) is 13.5. The van der Waals surface area contributed by atoms with Crippen LogP contribution in [-0.4, -0.2) is 36.7 Å². The smallest absolute Gasteiger partial charge is 0.240 e. The minimum atomic E-state index is -3.68. The SMILES string of the molecule is O=S(=O)(NCCNc1ccc(Nc2ccccn2)nn1)c1ccc(F)cc1. The molecule has 0 atom stereocenters. The third kappa shape index (κ3) is 5.43. The van der Waals surface area contributed by atoms with Gasteiger partial charge in [0.15, 0.2) is 5.82 Å². The molecule has 0 bridgehead atoms. The Kier molecular flexibility index (Phi) is 5.89. The molecule has 0 saturated heterocycles. The van der Waals surface area contributed by atoms with Gasteiger partial charge in [0, 0.05) is 19.3 Å². The fourth-order valence-electron chi connectivity index (χ4n) is 2.13. The third-order valence-corrected chi connectivity index (χ3v) is 4.91. The lowest BCUT2D eigenvalue weighted by Gasteiger charge is -2.09. The van der Waals surface area contributed by atoms with E-state index < -0.39 is 15.8 Å². The maximum atomic E-state index is 12.9. The van der Waals surface area contributed by atoms with Gasteiger partial charge < -0.3 is 10.6 Å². The van der Waals surface area contributed by atoms with Crippen LogP contribution in [0.2, 0.25) is 0 Å². The Morgan fingerprint density at radius 3 is 2.26 bits per heavy atom. The molecule has 8 nitrogen and oxygen atoms in total. The van der Waals surface area contributed by atoms with E-state index in [-0.39, 0.29) is 11.4 Å². The van der Waals surface area contributed by atoms with Crippen LogP contribution in [0.3, 0.4) is 0 Å². The van der Waals surface area contributed by atoms with Crippen molar-refractivity contribution in [2.24, 2.45) is 0 Å². The van der Waals surface area contributed by atoms with Crippen LogP contribution in [0.25, 0.3) is 0 Å². The van der Waals surface area contributed by atoms with Crippen LogP contribution in [0.5, 0.6) is 0 Å². The highest BCUT2D eigenvalue weighted by Gasteiger charge is 2.12. The van der Waals surface area contributed by atoms with Gasteiger partial charge in [0.2, 0.25) is 10.0 Å². The standard InChI is InChI=1S/C17H17FN6O2S/c18-13-4-6-14(7-5-13)27(25,26)21-12-11-20-16-8-9-17(24-23-16)22-15-3-1-2-10-19-15/h1-10,21H,11-12H2,(H,20,23)(H,19,22,24). The number of sulfonamides is 1. The highest BCUT2D eigenvalue weighted by molar-refractivity contribution is 7.89. The number of nitrogens with one attached hydrogen (secondary N) is 3. The van der Waals surface area contributed by atoms with E-state index in [1.54, 1.807) is 24.4 Å². The van der Waals surface area contributed by atoms with Gasteiger partial charge in [0.05, 0.1) is 4.90 Å². The van der Waals surface area contributed by atoms with Crippen LogP contribution in [-0.2, 0) is 10.0 Å². The Hall–Kier alpha value is -3.11. The fraction of sp³-hybridized carbons (Fsp3) is 0.118. The number of nitrogens with zero attached hydrogens (tertiary/aromatic N) is 3. The summed E-state index contributed by atoms with van der Waals surface area (Å²) >= 11 is 0. The van der Waals surface area contributed by atoms with Gasteiger partial charge in [-0.15, -0.1) is 10.2 Å². The molecule has 0 unspecified atom stereocenters. The molecule has 0 fully saturated rings. The first kappa shape index (κ1) is 18.7. The maximum Gasteiger partial charge on any atom is 0.240 e. The Labute approximate surface area is 155 Å². The van der Waals surface area contributed by atoms with E-state index >= 15 is 0 Å². The van der Waals surface area contributed by atoms with Crippen LogP contribution in [0, 0.1) is 5.82 Å². The second-order valence-electron chi connectivity index (χ2n) is 5.42. The molecule has 27 heavy (non-hydrogen) atoms. The summed E-state index contributed by atoms with van der Waals surface area (Å²) < 4.78 is 39.4. The topological polar surface area (TPSA) is 109 Å². The molecule has 0 radical (unpaired) electrons. The molecule has 2 aromatic heterocycles. The zero-order valence-electron chi connectivity index (χ0n) is 14.1. The van der Waals surface area contributed by atoms with E-state index in [1.807, 2.05) is 12.1 Å². The van der Waals surface area contributed by atoms with E-state index in [2.05, 4.69) is 30.5 Å². The Morgan fingerprint density at radius 1 is 0.852 bits per heavy atom. The van der Waals surface area contributed by atoms with Crippen molar-refractivity contribution < 1.29 is 12.8 Å². The Morgan fingerprint density at radius 2 is 1.59 bits per heavy atom. The highest BCUT2D eigenvalue weighted by Crippen LogP contribution is 2.12. The van der Waals surface area contributed by atoms with Crippen LogP contribution < -0.4 is 15.4 Å². The summed E-state index contributed by atoms with van der Waals surface area (Å²) in [5.41, 5.74) is 0. The van der Waals surface area contributed by atoms with Crippen molar-refractivity contribution in [3.63, 3.8) is 0 Å². The summed E-state index contributed by atoms with van der Waals surface area (Å²) in [6.45, 7) is 0.442. The van der Waals surface area contributed by atoms with E-state index in [1.165, 1.54) is 12.1 Å². The largest absolute Gasteiger partial charge is 0.367 e. The van der Waals surface area contributed by atoms with Gasteiger partial charge >= 0.3 is 0 Å². The van der Waals surface area contributed by atoms with Crippen molar-refractivity contribution in [2.75, 3.05) is 23.7 Å². The first-order valence-electron chi connectivity index (χ1n) is 8.04. The average Bonchev–Trinajstić information content (AvgIpc) is 2.68. The van der Waals surface area contributed by atoms with Crippen LogP contribution in [0.4, 0.5) is 21.8 Å². The molecular formula is C17H17FN6O2S. The van der Waals surface area contributed by atoms with E-state index in [0.29, 0.717) is 24.0 Å². The van der Waals surface area contributed by atoms with Crippen LogP contribution >= 0.6 is 0 Å². The number of anilines is 3. The van der Waals surface area contributed by atoms with Crippen molar-refractivity contribution in [3.05, 3.63) is 66.6 Å². The number of hydrogen-bond donors (Lipinski definition) is 3. The fourth-order valence-corrected chi connectivity index (χ4v) is 3.17. The second kappa shape index (κ2) is 8.52. The first-order valence-corrected chi connectivity index (χ1v) is 9.52. The monoisotopic (exact) mass is 388 g/mol. The molecule has 140 valence electrons. The van der Waals surface area contributed by atoms with Gasteiger partial charge in [-0.25, -0.2) is 22.5 Å². The van der Waals surface area contributed by atoms with Gasteiger partial charge in [0.25, 0.3) is 0 Å². The number of benzene rings is 1.